The zero-order valence-electron chi connectivity index (χ0n) is 6.19. The minimum absolute atomic E-state index is 0.0447. The van der Waals surface area contributed by atoms with Gasteiger partial charge in [-0.15, -0.1) is 0 Å². The molecule has 0 heterocycles. The minimum Gasteiger partial charge on any atom is -0.390 e. The number of hydrogen-bond acceptors (Lipinski definition) is 1. The van der Waals surface area contributed by atoms with E-state index in [0.29, 0.717) is 0 Å². The molecule has 1 nitrogen and oxygen atoms in total. The van der Waals surface area contributed by atoms with Crippen molar-refractivity contribution in [3.8, 4) is 0 Å². The summed E-state index contributed by atoms with van der Waals surface area (Å²) in [5.74, 6) is -3.06. The number of aliphatic hydroxyl groups is 1. The number of rotatable bonds is 2. The van der Waals surface area contributed by atoms with E-state index in [1.165, 1.54) is 0 Å². The molecule has 0 aromatic carbocycles. The summed E-state index contributed by atoms with van der Waals surface area (Å²) in [4.78, 5) is 0. The summed E-state index contributed by atoms with van der Waals surface area (Å²) >= 11 is 0. The molecule has 1 rings (SSSR count). The highest BCUT2D eigenvalue weighted by atomic mass is 19.3. The van der Waals surface area contributed by atoms with Crippen LogP contribution in [-0.2, 0) is 0 Å². The Morgan fingerprint density at radius 1 is 1.60 bits per heavy atom. The van der Waals surface area contributed by atoms with E-state index in [4.69, 9.17) is 5.11 Å². The van der Waals surface area contributed by atoms with Crippen molar-refractivity contribution in [3.05, 3.63) is 0 Å². The van der Waals surface area contributed by atoms with Gasteiger partial charge in [0.25, 0.3) is 5.92 Å². The van der Waals surface area contributed by atoms with Gasteiger partial charge in [0.1, 0.15) is 0 Å². The first-order valence-electron chi connectivity index (χ1n) is 3.41. The van der Waals surface area contributed by atoms with Crippen LogP contribution in [0.5, 0.6) is 0 Å². The van der Waals surface area contributed by atoms with Crippen LogP contribution in [0.25, 0.3) is 0 Å². The Bertz CT molecular complexity index is 137. The van der Waals surface area contributed by atoms with E-state index < -0.39 is 17.4 Å². The highest BCUT2D eigenvalue weighted by Crippen LogP contribution is 2.52. The molecular formula is C7H12F2O. The maximum atomic E-state index is 12.2. The maximum Gasteiger partial charge on any atom is 0.251 e. The van der Waals surface area contributed by atoms with E-state index in [9.17, 15) is 8.78 Å². The van der Waals surface area contributed by atoms with Gasteiger partial charge in [0, 0.05) is 12.3 Å². The second-order valence-electron chi connectivity index (χ2n) is 3.68. The van der Waals surface area contributed by atoms with Crippen LogP contribution in [0.2, 0.25) is 0 Å². The summed E-state index contributed by atoms with van der Waals surface area (Å²) in [6, 6.07) is 0. The van der Waals surface area contributed by atoms with E-state index in [1.807, 2.05) is 0 Å². The molecule has 1 unspecified atom stereocenters. The number of alkyl halides is 2. The summed E-state index contributed by atoms with van der Waals surface area (Å²) < 4.78 is 24.4. The van der Waals surface area contributed by atoms with E-state index in [0.717, 1.165) is 0 Å². The van der Waals surface area contributed by atoms with Crippen LogP contribution >= 0.6 is 0 Å². The first kappa shape index (κ1) is 7.92. The van der Waals surface area contributed by atoms with Crippen LogP contribution in [-0.4, -0.2) is 16.6 Å². The van der Waals surface area contributed by atoms with Crippen molar-refractivity contribution in [3.63, 3.8) is 0 Å². The molecule has 0 aromatic rings. The van der Waals surface area contributed by atoms with Gasteiger partial charge in [-0.2, -0.15) is 0 Å². The van der Waals surface area contributed by atoms with Crippen molar-refractivity contribution in [2.75, 3.05) is 0 Å². The Balaban J connectivity index is 2.31. The molecule has 1 saturated carbocycles. The molecule has 1 N–H and O–H groups in total. The van der Waals surface area contributed by atoms with Gasteiger partial charge in [0.15, 0.2) is 0 Å². The van der Waals surface area contributed by atoms with E-state index >= 15 is 0 Å². The molecule has 0 saturated heterocycles. The van der Waals surface area contributed by atoms with Gasteiger partial charge >= 0.3 is 0 Å². The summed E-state index contributed by atoms with van der Waals surface area (Å²) in [6.07, 6.45) is 0.164. The predicted molar refractivity (Wildman–Crippen MR) is 34.0 cm³/mol. The Morgan fingerprint density at radius 2 is 2.00 bits per heavy atom. The molecule has 0 bridgehead atoms. The van der Waals surface area contributed by atoms with Crippen molar-refractivity contribution in [2.24, 2.45) is 5.92 Å². The van der Waals surface area contributed by atoms with Gasteiger partial charge in [-0.05, 0) is 20.3 Å². The van der Waals surface area contributed by atoms with E-state index in [2.05, 4.69) is 0 Å². The van der Waals surface area contributed by atoms with Crippen LogP contribution in [0, 0.1) is 5.92 Å². The highest BCUT2D eigenvalue weighted by molar-refractivity contribution is 4.97. The average Bonchev–Trinajstić information content (AvgIpc) is 2.05. The first-order chi connectivity index (χ1) is 4.31. The fourth-order valence-corrected chi connectivity index (χ4v) is 1.09. The maximum absolute atomic E-state index is 12.2. The first-order valence-corrected chi connectivity index (χ1v) is 3.41. The molecule has 0 spiro atoms. The highest BCUT2D eigenvalue weighted by Gasteiger charge is 2.57. The lowest BCUT2D eigenvalue weighted by Gasteiger charge is -2.15. The Kier molecular flexibility index (Phi) is 1.51. The Morgan fingerprint density at radius 3 is 2.10 bits per heavy atom. The van der Waals surface area contributed by atoms with Crippen LogP contribution in [0.3, 0.4) is 0 Å². The molecule has 1 atom stereocenters. The molecule has 0 aliphatic heterocycles. The van der Waals surface area contributed by atoms with Crippen LogP contribution in [0.15, 0.2) is 0 Å². The van der Waals surface area contributed by atoms with Crippen LogP contribution in [0.1, 0.15) is 26.7 Å². The zero-order valence-corrected chi connectivity index (χ0v) is 6.19. The molecule has 1 aliphatic rings. The second kappa shape index (κ2) is 1.91. The SMILES string of the molecule is CC(C)(O)CC1CC1(F)F. The summed E-state index contributed by atoms with van der Waals surface area (Å²) in [6.45, 7) is 3.11. The van der Waals surface area contributed by atoms with Crippen LogP contribution < -0.4 is 0 Å². The lowest BCUT2D eigenvalue weighted by Crippen LogP contribution is -2.20. The van der Waals surface area contributed by atoms with E-state index in [1.54, 1.807) is 13.8 Å². The van der Waals surface area contributed by atoms with Crippen molar-refractivity contribution in [1.82, 2.24) is 0 Å². The molecule has 0 aromatic heterocycles. The smallest absolute Gasteiger partial charge is 0.251 e. The molecule has 0 amide bonds. The van der Waals surface area contributed by atoms with Crippen LogP contribution in [0.4, 0.5) is 8.78 Å². The third kappa shape index (κ3) is 1.90. The van der Waals surface area contributed by atoms with Gasteiger partial charge in [-0.25, -0.2) is 8.78 Å². The zero-order chi connectivity index (χ0) is 7.99. The third-order valence-electron chi connectivity index (χ3n) is 1.70. The van der Waals surface area contributed by atoms with Gasteiger partial charge in [0.2, 0.25) is 0 Å². The minimum atomic E-state index is -2.49. The van der Waals surface area contributed by atoms with Crippen molar-refractivity contribution in [1.29, 1.82) is 0 Å². The Hall–Kier alpha value is -0.180. The van der Waals surface area contributed by atoms with Gasteiger partial charge in [-0.1, -0.05) is 0 Å². The van der Waals surface area contributed by atoms with Gasteiger partial charge in [-0.3, -0.25) is 0 Å². The molecule has 1 fully saturated rings. The molecule has 10 heavy (non-hydrogen) atoms. The molecule has 60 valence electrons. The second-order valence-corrected chi connectivity index (χ2v) is 3.68. The molecule has 0 radical (unpaired) electrons. The number of hydrogen-bond donors (Lipinski definition) is 1. The lowest BCUT2D eigenvalue weighted by atomic mass is 10.0. The average molecular weight is 150 g/mol. The monoisotopic (exact) mass is 150 g/mol. The van der Waals surface area contributed by atoms with Gasteiger partial charge in [0.05, 0.1) is 5.60 Å². The van der Waals surface area contributed by atoms with Crippen molar-refractivity contribution in [2.45, 2.75) is 38.2 Å². The molecule has 3 heteroatoms. The summed E-state index contributed by atoms with van der Waals surface area (Å²) in [5.41, 5.74) is -0.940. The third-order valence-corrected chi connectivity index (χ3v) is 1.70. The summed E-state index contributed by atoms with van der Waals surface area (Å²) in [7, 11) is 0. The Labute approximate surface area is 59.0 Å². The normalized spacial score (nSPS) is 30.3. The fourth-order valence-electron chi connectivity index (χ4n) is 1.09. The van der Waals surface area contributed by atoms with Crippen molar-refractivity contribution < 1.29 is 13.9 Å². The quantitative estimate of drug-likeness (QED) is 0.636. The largest absolute Gasteiger partial charge is 0.390 e. The fraction of sp³-hybridized carbons (Fsp3) is 1.00. The standard InChI is InChI=1S/C7H12F2O/c1-6(2,10)3-5-4-7(5,8)9/h5,10H,3-4H2,1-2H3. The molecular weight excluding hydrogens is 138 g/mol. The topological polar surface area (TPSA) is 20.2 Å². The van der Waals surface area contributed by atoms with Crippen molar-refractivity contribution >= 4 is 0 Å². The molecule has 1 aliphatic carbocycles. The predicted octanol–water partition coefficient (Wildman–Crippen LogP) is 1.80. The summed E-state index contributed by atoms with van der Waals surface area (Å²) in [5, 5.41) is 9.13. The lowest BCUT2D eigenvalue weighted by molar-refractivity contribution is 0.0351. The van der Waals surface area contributed by atoms with Gasteiger partial charge < -0.3 is 5.11 Å². The van der Waals surface area contributed by atoms with E-state index in [-0.39, 0.29) is 12.8 Å². The number of halogens is 2.